The normalized spacial score (nSPS) is 24.3. The molecule has 22 heavy (non-hydrogen) atoms. The molecule has 2 heterocycles. The Morgan fingerprint density at radius 1 is 1.32 bits per heavy atom. The number of amides is 3. The molecule has 2 aliphatic rings. The summed E-state index contributed by atoms with van der Waals surface area (Å²) in [6.45, 7) is 2.70. The SMILES string of the molecule is CSCc1cc(F)ccc1CN1C(=O)N2CCC[C@@]2(C)C1=O. The number of nitrogens with zero attached hydrogens (tertiary/aromatic N) is 2. The van der Waals surface area contributed by atoms with E-state index in [9.17, 15) is 14.0 Å². The van der Waals surface area contributed by atoms with E-state index < -0.39 is 5.54 Å². The number of thioether (sulfide) groups is 1. The van der Waals surface area contributed by atoms with Gasteiger partial charge in [-0.25, -0.2) is 9.18 Å². The third-order valence-corrected chi connectivity index (χ3v) is 5.21. The first-order valence-corrected chi connectivity index (χ1v) is 8.76. The maximum atomic E-state index is 13.4. The summed E-state index contributed by atoms with van der Waals surface area (Å²) >= 11 is 1.59. The van der Waals surface area contributed by atoms with Crippen LogP contribution in [0.25, 0.3) is 0 Å². The van der Waals surface area contributed by atoms with Crippen molar-refractivity contribution in [2.75, 3.05) is 12.8 Å². The second-order valence-corrected chi connectivity index (χ2v) is 6.91. The summed E-state index contributed by atoms with van der Waals surface area (Å²) in [4.78, 5) is 28.1. The van der Waals surface area contributed by atoms with Gasteiger partial charge in [-0.15, -0.1) is 0 Å². The van der Waals surface area contributed by atoms with Gasteiger partial charge < -0.3 is 4.90 Å². The van der Waals surface area contributed by atoms with Gasteiger partial charge in [-0.3, -0.25) is 9.69 Å². The van der Waals surface area contributed by atoms with Gasteiger partial charge in [0.2, 0.25) is 0 Å². The molecule has 0 aliphatic carbocycles. The fourth-order valence-corrected chi connectivity index (χ4v) is 3.94. The maximum absolute atomic E-state index is 13.4. The number of benzene rings is 1. The third kappa shape index (κ3) is 2.29. The molecule has 4 nitrogen and oxygen atoms in total. The van der Waals surface area contributed by atoms with Gasteiger partial charge in [0.25, 0.3) is 5.91 Å². The van der Waals surface area contributed by atoms with Crippen molar-refractivity contribution < 1.29 is 14.0 Å². The van der Waals surface area contributed by atoms with Gasteiger partial charge in [-0.1, -0.05) is 6.07 Å². The minimum Gasteiger partial charge on any atom is -0.310 e. The van der Waals surface area contributed by atoms with Crippen LogP contribution in [0.5, 0.6) is 0 Å². The van der Waals surface area contributed by atoms with E-state index in [0.29, 0.717) is 12.3 Å². The molecular formula is C16H19FN2O2S. The van der Waals surface area contributed by atoms with Crippen molar-refractivity contribution in [3.8, 4) is 0 Å². The summed E-state index contributed by atoms with van der Waals surface area (Å²) in [7, 11) is 0. The first-order valence-electron chi connectivity index (χ1n) is 7.37. The van der Waals surface area contributed by atoms with E-state index in [2.05, 4.69) is 0 Å². The monoisotopic (exact) mass is 322 g/mol. The van der Waals surface area contributed by atoms with Crippen molar-refractivity contribution in [2.24, 2.45) is 0 Å². The highest BCUT2D eigenvalue weighted by atomic mass is 32.2. The van der Waals surface area contributed by atoms with Crippen LogP contribution < -0.4 is 0 Å². The average Bonchev–Trinajstić information content (AvgIpc) is 2.95. The first-order chi connectivity index (χ1) is 10.5. The number of fused-ring (bicyclic) bond motifs is 1. The van der Waals surface area contributed by atoms with Gasteiger partial charge in [0, 0.05) is 12.3 Å². The molecule has 2 saturated heterocycles. The van der Waals surface area contributed by atoms with Gasteiger partial charge in [0.05, 0.1) is 6.54 Å². The molecule has 0 radical (unpaired) electrons. The smallest absolute Gasteiger partial charge is 0.310 e. The van der Waals surface area contributed by atoms with Crippen LogP contribution in [-0.2, 0) is 17.1 Å². The molecule has 1 aromatic rings. The molecule has 2 aliphatic heterocycles. The van der Waals surface area contributed by atoms with E-state index in [1.165, 1.54) is 17.0 Å². The van der Waals surface area contributed by atoms with Crippen molar-refractivity contribution in [1.29, 1.82) is 0 Å². The second-order valence-electron chi connectivity index (χ2n) is 6.05. The van der Waals surface area contributed by atoms with E-state index in [1.54, 1.807) is 22.7 Å². The molecule has 3 rings (SSSR count). The van der Waals surface area contributed by atoms with Gasteiger partial charge in [0.15, 0.2) is 0 Å². The largest absolute Gasteiger partial charge is 0.327 e. The number of rotatable bonds is 4. The summed E-state index contributed by atoms with van der Waals surface area (Å²) in [5.74, 6) is 0.235. The molecule has 0 saturated carbocycles. The van der Waals surface area contributed by atoms with Crippen LogP contribution in [0.15, 0.2) is 18.2 Å². The fourth-order valence-electron chi connectivity index (χ4n) is 3.36. The molecule has 1 aromatic carbocycles. The Morgan fingerprint density at radius 3 is 2.77 bits per heavy atom. The van der Waals surface area contributed by atoms with E-state index in [0.717, 1.165) is 24.0 Å². The zero-order valence-corrected chi connectivity index (χ0v) is 13.6. The lowest BCUT2D eigenvalue weighted by molar-refractivity contribution is -0.132. The molecule has 0 N–H and O–H groups in total. The van der Waals surface area contributed by atoms with E-state index in [4.69, 9.17) is 0 Å². The lowest BCUT2D eigenvalue weighted by Gasteiger charge is -2.22. The maximum Gasteiger partial charge on any atom is 0.327 e. The minimum atomic E-state index is -0.684. The predicted molar refractivity (Wildman–Crippen MR) is 83.9 cm³/mol. The van der Waals surface area contributed by atoms with Crippen LogP contribution >= 0.6 is 11.8 Å². The van der Waals surface area contributed by atoms with E-state index >= 15 is 0 Å². The summed E-state index contributed by atoms with van der Waals surface area (Å²) < 4.78 is 13.4. The lowest BCUT2D eigenvalue weighted by atomic mass is 9.99. The fraction of sp³-hybridized carbons (Fsp3) is 0.500. The highest BCUT2D eigenvalue weighted by Gasteiger charge is 2.56. The number of imide groups is 1. The van der Waals surface area contributed by atoms with E-state index in [-0.39, 0.29) is 24.3 Å². The Kier molecular flexibility index (Phi) is 3.89. The van der Waals surface area contributed by atoms with Crippen LogP contribution in [-0.4, -0.2) is 40.1 Å². The number of urea groups is 1. The standard InChI is InChI=1S/C16H19FN2O2S/c1-16-6-3-7-19(16)15(21)18(14(16)20)9-11-4-5-13(17)8-12(11)10-22-2/h4-5,8H,3,6-7,9-10H2,1-2H3/t16-/m0/s1. The molecule has 0 aromatic heterocycles. The highest BCUT2D eigenvalue weighted by molar-refractivity contribution is 7.97. The Labute approximate surface area is 133 Å². The van der Waals surface area contributed by atoms with Crippen LogP contribution in [0.1, 0.15) is 30.9 Å². The number of hydrogen-bond acceptors (Lipinski definition) is 3. The Hall–Kier alpha value is -1.56. The number of halogens is 1. The van der Waals surface area contributed by atoms with E-state index in [1.807, 2.05) is 13.2 Å². The average molecular weight is 322 g/mol. The topological polar surface area (TPSA) is 40.6 Å². The van der Waals surface area contributed by atoms with Crippen molar-refractivity contribution in [2.45, 2.75) is 37.6 Å². The summed E-state index contributed by atoms with van der Waals surface area (Å²) in [6, 6.07) is 4.32. The number of carbonyl (C=O) groups excluding carboxylic acids is 2. The summed E-state index contributed by atoms with van der Waals surface area (Å²) in [5.41, 5.74) is 0.990. The molecule has 118 valence electrons. The molecule has 0 unspecified atom stereocenters. The molecule has 3 amide bonds. The summed E-state index contributed by atoms with van der Waals surface area (Å²) in [6.07, 6.45) is 3.53. The van der Waals surface area contributed by atoms with Crippen LogP contribution in [0, 0.1) is 5.82 Å². The lowest BCUT2D eigenvalue weighted by Crippen LogP contribution is -2.41. The first kappa shape index (κ1) is 15.3. The highest BCUT2D eigenvalue weighted by Crippen LogP contribution is 2.38. The summed E-state index contributed by atoms with van der Waals surface area (Å²) in [5, 5.41) is 0. The van der Waals surface area contributed by atoms with Gasteiger partial charge in [0.1, 0.15) is 11.4 Å². The third-order valence-electron chi connectivity index (χ3n) is 4.61. The van der Waals surface area contributed by atoms with Crippen LogP contribution in [0.3, 0.4) is 0 Å². The van der Waals surface area contributed by atoms with Crippen molar-refractivity contribution in [1.82, 2.24) is 9.80 Å². The minimum absolute atomic E-state index is 0.130. The predicted octanol–water partition coefficient (Wildman–Crippen LogP) is 3.01. The number of hydrogen-bond donors (Lipinski definition) is 0. The van der Waals surface area contributed by atoms with Crippen molar-refractivity contribution in [3.05, 3.63) is 35.1 Å². The zero-order valence-electron chi connectivity index (χ0n) is 12.8. The van der Waals surface area contributed by atoms with Crippen molar-refractivity contribution >= 4 is 23.7 Å². The molecule has 2 fully saturated rings. The quantitative estimate of drug-likeness (QED) is 0.800. The Bertz CT molecular complexity index is 637. The molecular weight excluding hydrogens is 303 g/mol. The molecule has 1 atom stereocenters. The Balaban J connectivity index is 1.88. The van der Waals surface area contributed by atoms with Crippen molar-refractivity contribution in [3.63, 3.8) is 0 Å². The zero-order chi connectivity index (χ0) is 15.9. The van der Waals surface area contributed by atoms with Gasteiger partial charge >= 0.3 is 6.03 Å². The second kappa shape index (κ2) is 5.57. The van der Waals surface area contributed by atoms with Crippen LogP contribution in [0.2, 0.25) is 0 Å². The number of carbonyl (C=O) groups is 2. The molecule has 6 heteroatoms. The molecule has 0 spiro atoms. The van der Waals surface area contributed by atoms with Gasteiger partial charge in [-0.2, -0.15) is 11.8 Å². The molecule has 0 bridgehead atoms. The Morgan fingerprint density at radius 2 is 2.09 bits per heavy atom. The van der Waals surface area contributed by atoms with Gasteiger partial charge in [-0.05, 0) is 49.3 Å². The van der Waals surface area contributed by atoms with Crippen LogP contribution in [0.4, 0.5) is 9.18 Å².